The van der Waals surface area contributed by atoms with Crippen LogP contribution in [0.1, 0.15) is 258 Å². The summed E-state index contributed by atoms with van der Waals surface area (Å²) in [6.45, 7) is 6.42. The minimum atomic E-state index is -0.810. The lowest BCUT2D eigenvalue weighted by atomic mass is 10.0. The maximum atomic E-state index is 13.2. The fourth-order valence-electron chi connectivity index (χ4n) is 7.97. The number of hydrogen-bond acceptors (Lipinski definition) is 5. The molecule has 6 heteroatoms. The molecule has 0 aromatic rings. The Kier molecular flexibility index (Phi) is 49.1. The van der Waals surface area contributed by atoms with E-state index in [1.165, 1.54) is 141 Å². The highest BCUT2D eigenvalue weighted by atomic mass is 16.5. The van der Waals surface area contributed by atoms with Gasteiger partial charge in [-0.05, 0) is 70.6 Å². The van der Waals surface area contributed by atoms with Gasteiger partial charge in [-0.3, -0.25) is 9.59 Å². The summed E-state index contributed by atoms with van der Waals surface area (Å²) >= 11 is 0. The molecule has 3 unspecified atom stereocenters. The van der Waals surface area contributed by atoms with E-state index >= 15 is 0 Å². The van der Waals surface area contributed by atoms with Crippen molar-refractivity contribution in [1.29, 1.82) is 0 Å². The average molecular weight is 894 g/mol. The summed E-state index contributed by atoms with van der Waals surface area (Å²) in [6, 6.07) is -0.728. The maximum absolute atomic E-state index is 13.2. The number of amides is 1. The predicted octanol–water partition coefficient (Wildman–Crippen LogP) is 16.6. The second-order valence-electron chi connectivity index (χ2n) is 18.4. The molecule has 3 atom stereocenters. The number of aliphatic hydroxyl groups excluding tert-OH is 2. The van der Waals surface area contributed by atoms with Crippen LogP contribution in [0.4, 0.5) is 0 Å². The molecule has 0 aliphatic rings. The summed E-state index contributed by atoms with van der Waals surface area (Å²) in [5.74, 6) is -0.592. The average Bonchev–Trinajstić information content (AvgIpc) is 3.29. The second kappa shape index (κ2) is 51.3. The zero-order chi connectivity index (χ0) is 46.7. The molecule has 0 fully saturated rings. The topological polar surface area (TPSA) is 95.9 Å². The van der Waals surface area contributed by atoms with Crippen molar-refractivity contribution < 1.29 is 24.5 Å². The Morgan fingerprint density at radius 3 is 1.38 bits per heavy atom. The Hall–Kier alpha value is -2.70. The highest BCUT2D eigenvalue weighted by Crippen LogP contribution is 2.17. The minimum absolute atomic E-state index is 0.0272. The third kappa shape index (κ3) is 45.9. The van der Waals surface area contributed by atoms with Gasteiger partial charge in [-0.25, -0.2) is 0 Å². The molecule has 0 aliphatic carbocycles. The van der Waals surface area contributed by atoms with Crippen molar-refractivity contribution in [2.24, 2.45) is 0 Å². The van der Waals surface area contributed by atoms with Gasteiger partial charge in [0.15, 0.2) is 0 Å². The maximum Gasteiger partial charge on any atom is 0.306 e. The van der Waals surface area contributed by atoms with Gasteiger partial charge in [0.1, 0.15) is 6.10 Å². The van der Waals surface area contributed by atoms with Gasteiger partial charge in [0.2, 0.25) is 5.91 Å². The molecule has 0 saturated heterocycles. The van der Waals surface area contributed by atoms with E-state index in [0.717, 1.165) is 64.2 Å². The van der Waals surface area contributed by atoms with E-state index < -0.39 is 18.2 Å². The summed E-state index contributed by atoms with van der Waals surface area (Å²) in [7, 11) is 0. The van der Waals surface area contributed by atoms with Gasteiger partial charge in [-0.2, -0.15) is 0 Å². The number of nitrogens with one attached hydrogen (secondary N) is 1. The van der Waals surface area contributed by atoms with Crippen molar-refractivity contribution in [3.63, 3.8) is 0 Å². The van der Waals surface area contributed by atoms with Crippen LogP contribution in [0.2, 0.25) is 0 Å². The number of aliphatic hydroxyl groups is 2. The Morgan fingerprint density at radius 2 is 0.859 bits per heavy atom. The van der Waals surface area contributed by atoms with E-state index in [-0.39, 0.29) is 31.3 Å². The van der Waals surface area contributed by atoms with E-state index in [2.05, 4.69) is 86.8 Å². The summed E-state index contributed by atoms with van der Waals surface area (Å²) < 4.78 is 5.88. The third-order valence-electron chi connectivity index (χ3n) is 12.1. The SMILES string of the molecule is CCCCC/C=C/C=C/C=C/C=C/CCCCCC(CC(=O)NC(CO)C(O)CCCCCCCCCCCCCCCCCC)OC(=O)CC/C=C/C/C=C\CCCCCCCC. The number of rotatable bonds is 48. The van der Waals surface area contributed by atoms with Crippen LogP contribution in [0.25, 0.3) is 0 Å². The summed E-state index contributed by atoms with van der Waals surface area (Å²) in [6.07, 6.45) is 65.4. The van der Waals surface area contributed by atoms with Crippen molar-refractivity contribution in [2.75, 3.05) is 6.61 Å². The highest BCUT2D eigenvalue weighted by Gasteiger charge is 2.24. The van der Waals surface area contributed by atoms with Gasteiger partial charge in [-0.15, -0.1) is 0 Å². The lowest BCUT2D eigenvalue weighted by Gasteiger charge is -2.24. The molecule has 0 spiro atoms. The highest BCUT2D eigenvalue weighted by molar-refractivity contribution is 5.77. The molecule has 0 bridgehead atoms. The first-order valence-corrected chi connectivity index (χ1v) is 27.2. The smallest absolute Gasteiger partial charge is 0.306 e. The van der Waals surface area contributed by atoms with E-state index in [4.69, 9.17) is 4.74 Å². The quantitative estimate of drug-likeness (QED) is 0.0245. The van der Waals surface area contributed by atoms with Crippen molar-refractivity contribution in [3.8, 4) is 0 Å². The van der Waals surface area contributed by atoms with E-state index in [0.29, 0.717) is 19.3 Å². The molecule has 3 N–H and O–H groups in total. The van der Waals surface area contributed by atoms with Crippen molar-refractivity contribution in [1.82, 2.24) is 5.32 Å². The largest absolute Gasteiger partial charge is 0.462 e. The molecule has 6 nitrogen and oxygen atoms in total. The first kappa shape index (κ1) is 61.3. The van der Waals surface area contributed by atoms with Crippen molar-refractivity contribution in [2.45, 2.75) is 277 Å². The van der Waals surface area contributed by atoms with E-state index in [1.807, 2.05) is 12.2 Å². The molecule has 0 heterocycles. The number of carbonyl (C=O) groups is 2. The Labute approximate surface area is 396 Å². The van der Waals surface area contributed by atoms with Crippen molar-refractivity contribution >= 4 is 11.9 Å². The molecule has 0 aliphatic heterocycles. The van der Waals surface area contributed by atoms with Gasteiger partial charge in [-0.1, -0.05) is 248 Å². The molecule has 0 saturated carbocycles. The molecular formula is C58H103NO5. The lowest BCUT2D eigenvalue weighted by Crippen LogP contribution is -2.46. The van der Waals surface area contributed by atoms with Gasteiger partial charge in [0.25, 0.3) is 0 Å². The van der Waals surface area contributed by atoms with Crippen LogP contribution in [-0.4, -0.2) is 46.9 Å². The van der Waals surface area contributed by atoms with Crippen LogP contribution >= 0.6 is 0 Å². The first-order valence-electron chi connectivity index (χ1n) is 27.2. The van der Waals surface area contributed by atoms with Crippen LogP contribution in [0.5, 0.6) is 0 Å². The molecular weight excluding hydrogens is 791 g/mol. The first-order chi connectivity index (χ1) is 31.5. The molecule has 1 amide bonds. The summed E-state index contributed by atoms with van der Waals surface area (Å²) in [5.41, 5.74) is 0. The van der Waals surface area contributed by atoms with E-state index in [9.17, 15) is 19.8 Å². The van der Waals surface area contributed by atoms with E-state index in [1.54, 1.807) is 0 Å². The number of carbonyl (C=O) groups excluding carboxylic acids is 2. The van der Waals surface area contributed by atoms with Crippen LogP contribution in [0.15, 0.2) is 72.9 Å². The molecule has 0 aromatic carbocycles. The zero-order valence-corrected chi connectivity index (χ0v) is 42.1. The Bertz CT molecular complexity index is 1190. The fraction of sp³-hybridized carbons (Fsp3) is 0.759. The normalized spacial score (nSPS) is 13.8. The van der Waals surface area contributed by atoms with Crippen LogP contribution in [0.3, 0.4) is 0 Å². The molecule has 0 radical (unpaired) electrons. The van der Waals surface area contributed by atoms with Crippen molar-refractivity contribution in [3.05, 3.63) is 72.9 Å². The summed E-state index contributed by atoms with van der Waals surface area (Å²) in [5, 5.41) is 23.8. The van der Waals surface area contributed by atoms with Gasteiger partial charge < -0.3 is 20.3 Å². The number of allylic oxidation sites excluding steroid dienone is 12. The minimum Gasteiger partial charge on any atom is -0.462 e. The second-order valence-corrected chi connectivity index (χ2v) is 18.4. The predicted molar refractivity (Wildman–Crippen MR) is 278 cm³/mol. The number of unbranched alkanes of at least 4 members (excludes halogenated alkanes) is 27. The number of esters is 1. The lowest BCUT2D eigenvalue weighted by molar-refractivity contribution is -0.150. The molecule has 64 heavy (non-hydrogen) atoms. The van der Waals surface area contributed by atoms with Crippen LogP contribution in [0, 0.1) is 0 Å². The Balaban J connectivity index is 4.70. The van der Waals surface area contributed by atoms with Gasteiger partial charge >= 0.3 is 5.97 Å². The number of ether oxygens (including phenoxy) is 1. The zero-order valence-electron chi connectivity index (χ0n) is 42.1. The van der Waals surface area contributed by atoms with Crippen LogP contribution < -0.4 is 5.32 Å². The molecule has 0 aromatic heterocycles. The fourth-order valence-corrected chi connectivity index (χ4v) is 7.97. The third-order valence-corrected chi connectivity index (χ3v) is 12.1. The van der Waals surface area contributed by atoms with Gasteiger partial charge in [0, 0.05) is 6.42 Å². The standard InChI is InChI=1S/C58H103NO5/c1-4-7-10-13-16-19-22-25-27-29-32-34-37-40-43-46-49-54(64-58(63)51-48-45-42-39-36-31-24-21-18-15-12-9-6-3)52-57(62)59-55(53-60)56(61)50-47-44-41-38-35-33-30-28-26-23-20-17-14-11-8-5-2/h16,19,22,25,27,29,31-32,34,36,42,45,54-56,60-61H,4-15,17-18,20-21,23-24,26,28,30,33,35,37-41,43-44,46-53H2,1-3H3,(H,59,62)/b19-16+,25-22+,29-27+,34-32+,36-31-,45-42+. The molecule has 0 rings (SSSR count). The van der Waals surface area contributed by atoms with Gasteiger partial charge in [0.05, 0.1) is 25.2 Å². The number of hydrogen-bond donors (Lipinski definition) is 3. The monoisotopic (exact) mass is 894 g/mol. The van der Waals surface area contributed by atoms with Crippen LogP contribution in [-0.2, 0) is 14.3 Å². The Morgan fingerprint density at radius 1 is 0.469 bits per heavy atom. The summed E-state index contributed by atoms with van der Waals surface area (Å²) in [4.78, 5) is 26.1. The molecule has 370 valence electrons.